The second-order valence-corrected chi connectivity index (χ2v) is 8.35. The number of alkyl carbamates (subject to hydrolysis) is 1. The zero-order valence-corrected chi connectivity index (χ0v) is 16.3. The van der Waals surface area contributed by atoms with Crippen LogP contribution in [0.25, 0.3) is 0 Å². The Morgan fingerprint density at radius 2 is 2.11 bits per heavy atom. The maximum absolute atomic E-state index is 12.7. The van der Waals surface area contributed by atoms with E-state index in [1.165, 1.54) is 11.8 Å². The molecule has 1 saturated carbocycles. The summed E-state index contributed by atoms with van der Waals surface area (Å²) in [5, 5.41) is 8.07. The number of rotatable bonds is 5. The molecule has 1 aromatic carbocycles. The van der Waals surface area contributed by atoms with Crippen LogP contribution < -0.4 is 20.7 Å². The number of carbonyl (C=O) groups is 3. The summed E-state index contributed by atoms with van der Waals surface area (Å²) in [5.41, 5.74) is 1.32. The number of amides is 3. The van der Waals surface area contributed by atoms with E-state index in [0.29, 0.717) is 17.9 Å². The highest BCUT2D eigenvalue weighted by Gasteiger charge is 2.38. The molecule has 150 valence electrons. The summed E-state index contributed by atoms with van der Waals surface area (Å²) in [6.07, 6.45) is 2.14. The minimum atomic E-state index is -0.760. The molecule has 0 radical (unpaired) electrons. The van der Waals surface area contributed by atoms with Gasteiger partial charge >= 0.3 is 6.09 Å². The first-order valence-corrected chi connectivity index (χ1v) is 10.6. The standard InChI is InChI=1S/C19H23N3O5S/c1-2-26-19(25)22-16(24)12-7-8-28-18(12)21-15(23)11-5-6-14-13(9-11)20-17(27-14)10-3-4-10/h5-6,9-10,12,17-18,20H,2-4,7-8H2,1H3,(H,21,23)(H,22,24,25). The zero-order valence-electron chi connectivity index (χ0n) is 15.5. The Morgan fingerprint density at radius 3 is 2.86 bits per heavy atom. The van der Waals surface area contributed by atoms with E-state index < -0.39 is 23.3 Å². The Balaban J connectivity index is 1.37. The zero-order chi connectivity index (χ0) is 19.7. The number of benzene rings is 1. The summed E-state index contributed by atoms with van der Waals surface area (Å²) < 4.78 is 10.6. The lowest BCUT2D eigenvalue weighted by Crippen LogP contribution is -2.44. The van der Waals surface area contributed by atoms with Gasteiger partial charge in [0.1, 0.15) is 5.75 Å². The lowest BCUT2D eigenvalue weighted by Gasteiger charge is -2.19. The molecular formula is C19H23N3O5S. The number of imide groups is 1. The van der Waals surface area contributed by atoms with Gasteiger partial charge in [-0.25, -0.2) is 4.79 Å². The van der Waals surface area contributed by atoms with Crippen LogP contribution in [-0.4, -0.2) is 41.9 Å². The molecule has 28 heavy (non-hydrogen) atoms. The quantitative estimate of drug-likeness (QED) is 0.690. The van der Waals surface area contributed by atoms with Crippen LogP contribution in [0.5, 0.6) is 5.75 Å². The van der Waals surface area contributed by atoms with Gasteiger partial charge < -0.3 is 20.1 Å². The highest BCUT2D eigenvalue weighted by atomic mass is 32.2. The SMILES string of the molecule is CCOC(=O)NC(=O)C1CCSC1NC(=O)c1ccc2c(c1)NC(C1CC1)O2. The van der Waals surface area contributed by atoms with Crippen molar-refractivity contribution in [2.45, 2.75) is 37.8 Å². The molecule has 9 heteroatoms. The topological polar surface area (TPSA) is 106 Å². The monoisotopic (exact) mass is 405 g/mol. The van der Waals surface area contributed by atoms with Crippen molar-refractivity contribution < 1.29 is 23.9 Å². The van der Waals surface area contributed by atoms with E-state index in [2.05, 4.69) is 16.0 Å². The average Bonchev–Trinajstić information content (AvgIpc) is 3.26. The number of anilines is 1. The molecule has 4 rings (SSSR count). The minimum absolute atomic E-state index is 0.00495. The number of fused-ring (bicyclic) bond motifs is 1. The van der Waals surface area contributed by atoms with Crippen LogP contribution >= 0.6 is 11.8 Å². The Kier molecular flexibility index (Phi) is 5.34. The maximum Gasteiger partial charge on any atom is 0.413 e. The van der Waals surface area contributed by atoms with Crippen molar-refractivity contribution in [3.8, 4) is 5.75 Å². The van der Waals surface area contributed by atoms with Crippen molar-refractivity contribution in [1.29, 1.82) is 0 Å². The third-order valence-electron chi connectivity index (χ3n) is 5.05. The molecule has 3 unspecified atom stereocenters. The number of carbonyl (C=O) groups excluding carboxylic acids is 3. The van der Waals surface area contributed by atoms with E-state index in [4.69, 9.17) is 9.47 Å². The van der Waals surface area contributed by atoms with Gasteiger partial charge in [0.15, 0.2) is 6.23 Å². The summed E-state index contributed by atoms with van der Waals surface area (Å²) in [6, 6.07) is 5.30. The van der Waals surface area contributed by atoms with Gasteiger partial charge in [0.05, 0.1) is 23.6 Å². The molecule has 2 fully saturated rings. The Hall–Kier alpha value is -2.42. The smallest absolute Gasteiger partial charge is 0.413 e. The molecule has 0 spiro atoms. The summed E-state index contributed by atoms with van der Waals surface area (Å²) >= 11 is 1.50. The van der Waals surface area contributed by atoms with Gasteiger partial charge in [-0.15, -0.1) is 11.8 Å². The number of hydrogen-bond acceptors (Lipinski definition) is 7. The minimum Gasteiger partial charge on any atom is -0.468 e. The first-order valence-electron chi connectivity index (χ1n) is 9.52. The molecule has 3 amide bonds. The highest BCUT2D eigenvalue weighted by Crippen LogP contribution is 2.42. The predicted octanol–water partition coefficient (Wildman–Crippen LogP) is 2.31. The van der Waals surface area contributed by atoms with Crippen LogP contribution in [0.3, 0.4) is 0 Å². The first kappa shape index (κ1) is 18.9. The van der Waals surface area contributed by atoms with E-state index in [1.807, 2.05) is 0 Å². The predicted molar refractivity (Wildman–Crippen MR) is 104 cm³/mol. The van der Waals surface area contributed by atoms with Crippen molar-refractivity contribution in [2.75, 3.05) is 17.7 Å². The number of nitrogens with one attached hydrogen (secondary N) is 3. The van der Waals surface area contributed by atoms with Gasteiger partial charge in [-0.05, 0) is 50.1 Å². The van der Waals surface area contributed by atoms with E-state index in [-0.39, 0.29) is 18.7 Å². The lowest BCUT2D eigenvalue weighted by molar-refractivity contribution is -0.124. The molecule has 3 N–H and O–H groups in total. The van der Waals surface area contributed by atoms with E-state index in [0.717, 1.165) is 30.0 Å². The number of thioether (sulfide) groups is 1. The molecule has 1 saturated heterocycles. The number of ether oxygens (including phenoxy) is 2. The van der Waals surface area contributed by atoms with Crippen molar-refractivity contribution in [3.63, 3.8) is 0 Å². The van der Waals surface area contributed by atoms with Crippen LogP contribution in [0.1, 0.15) is 36.5 Å². The molecule has 8 nitrogen and oxygen atoms in total. The van der Waals surface area contributed by atoms with Crippen LogP contribution in [0.4, 0.5) is 10.5 Å². The fourth-order valence-electron chi connectivity index (χ4n) is 3.39. The molecule has 3 atom stereocenters. The Morgan fingerprint density at radius 1 is 1.29 bits per heavy atom. The van der Waals surface area contributed by atoms with Crippen molar-refractivity contribution in [2.24, 2.45) is 11.8 Å². The van der Waals surface area contributed by atoms with Crippen LogP contribution in [0.2, 0.25) is 0 Å². The largest absolute Gasteiger partial charge is 0.468 e. The summed E-state index contributed by atoms with van der Waals surface area (Å²) in [6.45, 7) is 1.86. The second-order valence-electron chi connectivity index (χ2n) is 7.10. The fourth-order valence-corrected chi connectivity index (χ4v) is 4.72. The molecule has 0 aromatic heterocycles. The van der Waals surface area contributed by atoms with E-state index >= 15 is 0 Å². The molecule has 2 heterocycles. The van der Waals surface area contributed by atoms with Crippen molar-refractivity contribution >= 4 is 35.4 Å². The molecule has 2 aliphatic heterocycles. The average molecular weight is 405 g/mol. The van der Waals surface area contributed by atoms with Gasteiger partial charge in [0.2, 0.25) is 5.91 Å². The maximum atomic E-state index is 12.7. The summed E-state index contributed by atoms with van der Waals surface area (Å²) in [7, 11) is 0. The molecule has 0 bridgehead atoms. The van der Waals surface area contributed by atoms with Gasteiger partial charge in [0.25, 0.3) is 5.91 Å². The second kappa shape index (κ2) is 7.90. The van der Waals surface area contributed by atoms with Crippen molar-refractivity contribution in [1.82, 2.24) is 10.6 Å². The van der Waals surface area contributed by atoms with Crippen molar-refractivity contribution in [3.05, 3.63) is 23.8 Å². The molecule has 1 aliphatic carbocycles. The normalized spacial score (nSPS) is 25.2. The Labute approximate surface area is 167 Å². The molecular weight excluding hydrogens is 382 g/mol. The van der Waals surface area contributed by atoms with E-state index in [9.17, 15) is 14.4 Å². The Bertz CT molecular complexity index is 798. The number of hydrogen-bond donors (Lipinski definition) is 3. The van der Waals surface area contributed by atoms with Crippen LogP contribution in [0.15, 0.2) is 18.2 Å². The van der Waals surface area contributed by atoms with Gasteiger partial charge in [0, 0.05) is 11.5 Å². The van der Waals surface area contributed by atoms with Crippen LogP contribution in [-0.2, 0) is 9.53 Å². The van der Waals surface area contributed by atoms with Gasteiger partial charge in [-0.1, -0.05) is 0 Å². The molecule has 3 aliphatic rings. The lowest BCUT2D eigenvalue weighted by atomic mass is 10.1. The first-order chi connectivity index (χ1) is 13.5. The third-order valence-corrected chi connectivity index (χ3v) is 6.32. The summed E-state index contributed by atoms with van der Waals surface area (Å²) in [5.74, 6) is 0.870. The molecule has 1 aromatic rings. The van der Waals surface area contributed by atoms with Crippen LogP contribution in [0, 0.1) is 11.8 Å². The van der Waals surface area contributed by atoms with Gasteiger partial charge in [-0.2, -0.15) is 0 Å². The summed E-state index contributed by atoms with van der Waals surface area (Å²) in [4.78, 5) is 36.5. The van der Waals surface area contributed by atoms with Gasteiger partial charge in [-0.3, -0.25) is 14.9 Å². The van der Waals surface area contributed by atoms with E-state index in [1.54, 1.807) is 25.1 Å². The fraction of sp³-hybridized carbons (Fsp3) is 0.526. The third kappa shape index (κ3) is 4.04. The highest BCUT2D eigenvalue weighted by molar-refractivity contribution is 8.00.